The fourth-order valence-electron chi connectivity index (χ4n) is 2.52. The van der Waals surface area contributed by atoms with Gasteiger partial charge < -0.3 is 11.1 Å². The molecule has 1 aliphatic rings. The van der Waals surface area contributed by atoms with E-state index in [-0.39, 0.29) is 11.4 Å². The first-order valence-electron chi connectivity index (χ1n) is 7.47. The lowest BCUT2D eigenvalue weighted by atomic mass is 9.89. The largest absolute Gasteiger partial charge is 0.383 e. The Labute approximate surface area is 148 Å². The van der Waals surface area contributed by atoms with Crippen LogP contribution in [0, 0.1) is 5.92 Å². The van der Waals surface area contributed by atoms with E-state index < -0.39 is 23.7 Å². The predicted molar refractivity (Wildman–Crippen MR) is 94.4 cm³/mol. The number of hydrogen-bond donors (Lipinski definition) is 2. The number of aromatic nitrogens is 1. The van der Waals surface area contributed by atoms with Crippen LogP contribution in [0.4, 0.5) is 26.1 Å². The highest BCUT2D eigenvalue weighted by molar-refractivity contribution is 6.30. The zero-order valence-electron chi connectivity index (χ0n) is 12.9. The van der Waals surface area contributed by atoms with Gasteiger partial charge in [-0.05, 0) is 42.5 Å². The number of nitrogens with zero attached hydrogens (tertiary/aromatic N) is 1. The lowest BCUT2D eigenvalue weighted by Gasteiger charge is -2.19. The SMILES string of the molecule is Nc1nc(Nc2cccc(Cl)c2)ccc1C(=O)C1C(F)=CC=CC1F. The first-order chi connectivity index (χ1) is 12.0. The van der Waals surface area contributed by atoms with Crippen molar-refractivity contribution in [1.82, 2.24) is 4.98 Å². The zero-order valence-corrected chi connectivity index (χ0v) is 13.7. The fourth-order valence-corrected chi connectivity index (χ4v) is 2.72. The molecule has 2 atom stereocenters. The number of anilines is 3. The van der Waals surface area contributed by atoms with Crippen LogP contribution in [-0.4, -0.2) is 16.9 Å². The molecule has 4 nitrogen and oxygen atoms in total. The average Bonchev–Trinajstić information content (AvgIpc) is 2.54. The summed E-state index contributed by atoms with van der Waals surface area (Å²) in [4.78, 5) is 16.5. The molecular weight excluding hydrogens is 348 g/mol. The van der Waals surface area contributed by atoms with E-state index in [9.17, 15) is 13.6 Å². The summed E-state index contributed by atoms with van der Waals surface area (Å²) >= 11 is 5.91. The van der Waals surface area contributed by atoms with Crippen LogP contribution in [0.25, 0.3) is 0 Å². The maximum Gasteiger partial charge on any atom is 0.179 e. The number of nitrogen functional groups attached to an aromatic ring is 1. The fraction of sp³-hybridized carbons (Fsp3) is 0.111. The van der Waals surface area contributed by atoms with Crippen molar-refractivity contribution >= 4 is 34.7 Å². The van der Waals surface area contributed by atoms with Crippen molar-refractivity contribution in [3.8, 4) is 0 Å². The quantitative estimate of drug-likeness (QED) is 0.780. The summed E-state index contributed by atoms with van der Waals surface area (Å²) in [6.45, 7) is 0. The molecule has 0 saturated carbocycles. The normalized spacial score (nSPS) is 19.4. The number of ketones is 1. The summed E-state index contributed by atoms with van der Waals surface area (Å²) < 4.78 is 27.7. The van der Waals surface area contributed by atoms with Gasteiger partial charge in [0.05, 0.1) is 5.56 Å². The first-order valence-corrected chi connectivity index (χ1v) is 7.85. The number of carbonyl (C=O) groups excluding carboxylic acids is 1. The summed E-state index contributed by atoms with van der Waals surface area (Å²) in [5, 5.41) is 3.54. The van der Waals surface area contributed by atoms with Crippen molar-refractivity contribution in [2.45, 2.75) is 6.17 Å². The number of benzene rings is 1. The van der Waals surface area contributed by atoms with Crippen LogP contribution < -0.4 is 11.1 Å². The molecule has 0 bridgehead atoms. The van der Waals surface area contributed by atoms with Crippen LogP contribution in [0.1, 0.15) is 10.4 Å². The molecular formula is C18H14ClF2N3O. The van der Waals surface area contributed by atoms with Gasteiger partial charge in [0.2, 0.25) is 0 Å². The predicted octanol–water partition coefficient (Wildman–Crippen LogP) is 4.62. The molecule has 2 unspecified atom stereocenters. The molecule has 1 aliphatic carbocycles. The minimum atomic E-state index is -1.74. The number of carbonyl (C=O) groups is 1. The number of allylic oxidation sites excluding steroid dienone is 4. The van der Waals surface area contributed by atoms with E-state index in [0.717, 1.165) is 12.2 Å². The van der Waals surface area contributed by atoms with Crippen molar-refractivity contribution in [3.63, 3.8) is 0 Å². The van der Waals surface area contributed by atoms with E-state index in [2.05, 4.69) is 10.3 Å². The Morgan fingerprint density at radius 1 is 1.28 bits per heavy atom. The van der Waals surface area contributed by atoms with Gasteiger partial charge in [0.25, 0.3) is 0 Å². The minimum absolute atomic E-state index is 0.0249. The van der Waals surface area contributed by atoms with Crippen LogP contribution in [0.5, 0.6) is 0 Å². The van der Waals surface area contributed by atoms with Gasteiger partial charge in [0.1, 0.15) is 29.6 Å². The van der Waals surface area contributed by atoms with Gasteiger partial charge in [0, 0.05) is 10.7 Å². The van der Waals surface area contributed by atoms with Crippen molar-refractivity contribution in [3.05, 3.63) is 71.0 Å². The monoisotopic (exact) mass is 361 g/mol. The Hall–Kier alpha value is -2.73. The third-order valence-electron chi connectivity index (χ3n) is 3.74. The van der Waals surface area contributed by atoms with Crippen LogP contribution in [0.3, 0.4) is 0 Å². The number of nitrogens with two attached hydrogens (primary N) is 1. The molecule has 0 amide bonds. The van der Waals surface area contributed by atoms with Gasteiger partial charge >= 0.3 is 0 Å². The highest BCUT2D eigenvalue weighted by atomic mass is 35.5. The van der Waals surface area contributed by atoms with Gasteiger partial charge in [-0.2, -0.15) is 0 Å². The Bertz CT molecular complexity index is 882. The van der Waals surface area contributed by atoms with Gasteiger partial charge in [-0.15, -0.1) is 0 Å². The third kappa shape index (κ3) is 3.69. The zero-order chi connectivity index (χ0) is 18.0. The summed E-state index contributed by atoms with van der Waals surface area (Å²) in [6.07, 6.45) is 1.70. The second-order valence-corrected chi connectivity index (χ2v) is 5.92. The Balaban J connectivity index is 1.83. The van der Waals surface area contributed by atoms with E-state index in [0.29, 0.717) is 16.5 Å². The molecule has 1 heterocycles. The molecule has 3 N–H and O–H groups in total. The molecule has 3 rings (SSSR count). The maximum atomic E-state index is 13.9. The number of nitrogens with one attached hydrogen (secondary N) is 1. The average molecular weight is 362 g/mol. The van der Waals surface area contributed by atoms with E-state index >= 15 is 0 Å². The molecule has 7 heteroatoms. The molecule has 0 spiro atoms. The van der Waals surface area contributed by atoms with Crippen LogP contribution >= 0.6 is 11.6 Å². The van der Waals surface area contributed by atoms with Gasteiger partial charge in [0.15, 0.2) is 5.78 Å². The van der Waals surface area contributed by atoms with Crippen molar-refractivity contribution < 1.29 is 13.6 Å². The minimum Gasteiger partial charge on any atom is -0.383 e. The second-order valence-electron chi connectivity index (χ2n) is 5.49. The number of Topliss-reactive ketones (excluding diaryl/α,β-unsaturated/α-hetero) is 1. The van der Waals surface area contributed by atoms with E-state index in [1.807, 2.05) is 0 Å². The van der Waals surface area contributed by atoms with E-state index in [1.54, 1.807) is 24.3 Å². The Morgan fingerprint density at radius 3 is 2.76 bits per heavy atom. The molecule has 0 aliphatic heterocycles. The number of halogens is 3. The summed E-state index contributed by atoms with van der Waals surface area (Å²) in [7, 11) is 0. The van der Waals surface area contributed by atoms with Crippen molar-refractivity contribution in [1.29, 1.82) is 0 Å². The van der Waals surface area contributed by atoms with Crippen LogP contribution in [0.15, 0.2) is 60.5 Å². The van der Waals surface area contributed by atoms with E-state index in [4.69, 9.17) is 17.3 Å². The van der Waals surface area contributed by atoms with E-state index in [1.165, 1.54) is 18.2 Å². The lowest BCUT2D eigenvalue weighted by Crippen LogP contribution is -2.27. The highest BCUT2D eigenvalue weighted by Crippen LogP contribution is 2.30. The molecule has 0 fully saturated rings. The summed E-state index contributed by atoms with van der Waals surface area (Å²) in [5.74, 6) is -2.83. The molecule has 1 aromatic carbocycles. The maximum absolute atomic E-state index is 13.9. The molecule has 25 heavy (non-hydrogen) atoms. The third-order valence-corrected chi connectivity index (χ3v) is 3.97. The highest BCUT2D eigenvalue weighted by Gasteiger charge is 2.34. The van der Waals surface area contributed by atoms with Crippen molar-refractivity contribution in [2.75, 3.05) is 11.1 Å². The topological polar surface area (TPSA) is 68.0 Å². The molecule has 2 aromatic rings. The smallest absolute Gasteiger partial charge is 0.179 e. The van der Waals surface area contributed by atoms with Gasteiger partial charge in [-0.25, -0.2) is 13.8 Å². The summed E-state index contributed by atoms with van der Waals surface area (Å²) in [6, 6.07) is 9.88. The summed E-state index contributed by atoms with van der Waals surface area (Å²) in [5.41, 5.74) is 6.49. The van der Waals surface area contributed by atoms with Crippen LogP contribution in [0.2, 0.25) is 5.02 Å². The second kappa shape index (κ2) is 7.03. The first kappa shape index (κ1) is 17.1. The molecule has 128 valence electrons. The Kier molecular flexibility index (Phi) is 4.81. The number of rotatable bonds is 4. The van der Waals surface area contributed by atoms with Crippen molar-refractivity contribution in [2.24, 2.45) is 5.92 Å². The lowest BCUT2D eigenvalue weighted by molar-refractivity contribution is 0.0878. The van der Waals surface area contributed by atoms with Gasteiger partial charge in [-0.3, -0.25) is 4.79 Å². The molecule has 0 radical (unpaired) electrons. The van der Waals surface area contributed by atoms with Gasteiger partial charge in [-0.1, -0.05) is 23.7 Å². The number of pyridine rings is 1. The number of alkyl halides is 1. The molecule has 1 aromatic heterocycles. The standard InChI is InChI=1S/C18H14ClF2N3O/c19-10-3-1-4-11(9-10)23-15-8-7-12(18(22)24-15)17(25)16-13(20)5-2-6-14(16)21/h1-9,13,16H,(H3,22,23,24). The molecule has 0 saturated heterocycles. The number of hydrogen-bond acceptors (Lipinski definition) is 4. The van der Waals surface area contributed by atoms with Crippen LogP contribution in [-0.2, 0) is 0 Å². The Morgan fingerprint density at radius 2 is 2.08 bits per heavy atom.